The summed E-state index contributed by atoms with van der Waals surface area (Å²) < 4.78 is 0. The zero-order chi connectivity index (χ0) is 16.1. The molecular weight excluding hydrogens is 310 g/mol. The average molecular weight is 331 g/mol. The van der Waals surface area contributed by atoms with Crippen LogP contribution in [0.15, 0.2) is 35.7 Å². The number of piperidine rings is 1. The number of carbonyl (C=O) groups excluding carboxylic acids is 1. The van der Waals surface area contributed by atoms with E-state index in [4.69, 9.17) is 0 Å². The van der Waals surface area contributed by atoms with Gasteiger partial charge in [0.25, 0.3) is 5.91 Å². The van der Waals surface area contributed by atoms with E-state index in [1.54, 1.807) is 23.5 Å². The van der Waals surface area contributed by atoms with Crippen molar-refractivity contribution >= 4 is 17.2 Å². The van der Waals surface area contributed by atoms with Crippen LogP contribution in [-0.4, -0.2) is 40.1 Å². The van der Waals surface area contributed by atoms with Gasteiger partial charge in [-0.3, -0.25) is 9.69 Å². The second-order valence-corrected chi connectivity index (χ2v) is 6.73. The average Bonchev–Trinajstić information content (AvgIpc) is 3.03. The fraction of sp³-hybridized carbons (Fsp3) is 0.412. The minimum Gasteiger partial charge on any atom is -0.393 e. The lowest BCUT2D eigenvalue weighted by atomic mass is 10.1. The molecule has 1 aromatic carbocycles. The highest BCUT2D eigenvalue weighted by atomic mass is 32.1. The van der Waals surface area contributed by atoms with Gasteiger partial charge in [0.2, 0.25) is 0 Å². The SMILES string of the molecule is O=C(NCc1nc(CN2CCC(O)CC2)cs1)c1ccccc1. The molecule has 2 N–H and O–H groups in total. The topological polar surface area (TPSA) is 65.5 Å². The van der Waals surface area contributed by atoms with E-state index in [-0.39, 0.29) is 12.0 Å². The van der Waals surface area contributed by atoms with Crippen molar-refractivity contribution in [1.82, 2.24) is 15.2 Å². The molecule has 2 aromatic rings. The van der Waals surface area contributed by atoms with E-state index >= 15 is 0 Å². The number of benzene rings is 1. The molecule has 0 spiro atoms. The number of aliphatic hydroxyl groups excluding tert-OH is 1. The summed E-state index contributed by atoms with van der Waals surface area (Å²) in [6.45, 7) is 3.10. The Balaban J connectivity index is 1.48. The summed E-state index contributed by atoms with van der Waals surface area (Å²) >= 11 is 1.57. The molecule has 0 radical (unpaired) electrons. The molecule has 0 aliphatic carbocycles. The predicted molar refractivity (Wildman–Crippen MR) is 90.2 cm³/mol. The number of likely N-dealkylation sites (tertiary alicyclic amines) is 1. The van der Waals surface area contributed by atoms with Crippen molar-refractivity contribution in [3.05, 3.63) is 52.0 Å². The number of hydrogen-bond acceptors (Lipinski definition) is 5. The van der Waals surface area contributed by atoms with Crippen LogP contribution in [-0.2, 0) is 13.1 Å². The smallest absolute Gasteiger partial charge is 0.251 e. The number of carbonyl (C=O) groups is 1. The van der Waals surface area contributed by atoms with E-state index in [1.165, 1.54) is 0 Å². The van der Waals surface area contributed by atoms with E-state index in [9.17, 15) is 9.90 Å². The number of thiazole rings is 1. The molecule has 3 rings (SSSR count). The second-order valence-electron chi connectivity index (χ2n) is 5.79. The lowest BCUT2D eigenvalue weighted by molar-refractivity contribution is 0.0787. The Kier molecular flexibility index (Phi) is 5.38. The van der Waals surface area contributed by atoms with Crippen molar-refractivity contribution in [3.8, 4) is 0 Å². The minimum absolute atomic E-state index is 0.0765. The summed E-state index contributed by atoms with van der Waals surface area (Å²) in [5.74, 6) is -0.0765. The fourth-order valence-electron chi connectivity index (χ4n) is 2.66. The third-order valence-electron chi connectivity index (χ3n) is 3.98. The van der Waals surface area contributed by atoms with Gasteiger partial charge in [0.1, 0.15) is 5.01 Å². The molecular formula is C17H21N3O2S. The third-order valence-corrected chi connectivity index (χ3v) is 4.88. The second kappa shape index (κ2) is 7.68. The summed E-state index contributed by atoms with van der Waals surface area (Å²) in [5.41, 5.74) is 1.70. The molecule has 1 aromatic heterocycles. The predicted octanol–water partition coefficient (Wildman–Crippen LogP) is 2.03. The molecule has 0 saturated carbocycles. The highest BCUT2D eigenvalue weighted by molar-refractivity contribution is 7.09. The molecule has 0 atom stereocenters. The molecule has 1 saturated heterocycles. The van der Waals surface area contributed by atoms with Crippen molar-refractivity contribution in [2.45, 2.75) is 32.0 Å². The molecule has 1 amide bonds. The summed E-state index contributed by atoms with van der Waals surface area (Å²) in [5, 5.41) is 15.4. The Bertz CT molecular complexity index is 636. The maximum atomic E-state index is 12.0. The molecule has 5 nitrogen and oxygen atoms in total. The van der Waals surface area contributed by atoms with Gasteiger partial charge in [0, 0.05) is 30.6 Å². The van der Waals surface area contributed by atoms with Crippen LogP contribution in [0.3, 0.4) is 0 Å². The van der Waals surface area contributed by atoms with Gasteiger partial charge in [0.05, 0.1) is 18.3 Å². The molecule has 23 heavy (non-hydrogen) atoms. The number of nitrogens with one attached hydrogen (secondary N) is 1. The standard InChI is InChI=1S/C17H21N3O2S/c21-15-6-8-20(9-7-15)11-14-12-23-16(19-14)10-18-17(22)13-4-2-1-3-5-13/h1-5,12,15,21H,6-11H2,(H,18,22). The first kappa shape index (κ1) is 16.1. The van der Waals surface area contributed by atoms with Crippen LogP contribution in [0, 0.1) is 0 Å². The number of aromatic nitrogens is 1. The monoisotopic (exact) mass is 331 g/mol. The van der Waals surface area contributed by atoms with Crippen LogP contribution in [0.5, 0.6) is 0 Å². The fourth-order valence-corrected chi connectivity index (χ4v) is 3.38. The van der Waals surface area contributed by atoms with Crippen molar-refractivity contribution < 1.29 is 9.90 Å². The Labute approximate surface area is 140 Å². The van der Waals surface area contributed by atoms with E-state index in [0.29, 0.717) is 12.1 Å². The number of nitrogens with zero attached hydrogens (tertiary/aromatic N) is 2. The molecule has 1 fully saturated rings. The number of aliphatic hydroxyl groups is 1. The summed E-state index contributed by atoms with van der Waals surface area (Å²) in [4.78, 5) is 18.9. The van der Waals surface area contributed by atoms with Gasteiger partial charge < -0.3 is 10.4 Å². The van der Waals surface area contributed by atoms with Crippen LogP contribution in [0.4, 0.5) is 0 Å². The molecule has 6 heteroatoms. The van der Waals surface area contributed by atoms with E-state index in [2.05, 4.69) is 20.6 Å². The Morgan fingerprint density at radius 2 is 2.04 bits per heavy atom. The summed E-state index contributed by atoms with van der Waals surface area (Å²) in [6, 6.07) is 9.20. The van der Waals surface area contributed by atoms with Crippen molar-refractivity contribution in [2.75, 3.05) is 13.1 Å². The van der Waals surface area contributed by atoms with E-state index < -0.39 is 0 Å². The molecule has 1 aliphatic heterocycles. The highest BCUT2D eigenvalue weighted by Crippen LogP contribution is 2.16. The minimum atomic E-state index is -0.148. The van der Waals surface area contributed by atoms with Gasteiger partial charge in [-0.1, -0.05) is 18.2 Å². The maximum absolute atomic E-state index is 12.0. The largest absolute Gasteiger partial charge is 0.393 e. The van der Waals surface area contributed by atoms with Gasteiger partial charge in [-0.15, -0.1) is 11.3 Å². The number of amides is 1. The zero-order valence-electron chi connectivity index (χ0n) is 12.9. The summed E-state index contributed by atoms with van der Waals surface area (Å²) in [7, 11) is 0. The Morgan fingerprint density at radius 3 is 2.78 bits per heavy atom. The molecule has 0 unspecified atom stereocenters. The zero-order valence-corrected chi connectivity index (χ0v) is 13.8. The number of rotatable bonds is 5. The van der Waals surface area contributed by atoms with Crippen LogP contribution in [0.25, 0.3) is 0 Å². The molecule has 1 aliphatic rings. The van der Waals surface area contributed by atoms with Crippen LogP contribution in [0.2, 0.25) is 0 Å². The maximum Gasteiger partial charge on any atom is 0.251 e. The van der Waals surface area contributed by atoms with Crippen LogP contribution in [0.1, 0.15) is 33.9 Å². The lowest BCUT2D eigenvalue weighted by Gasteiger charge is -2.28. The van der Waals surface area contributed by atoms with Gasteiger partial charge in [-0.2, -0.15) is 0 Å². The summed E-state index contributed by atoms with van der Waals surface area (Å²) in [6.07, 6.45) is 1.53. The Hall–Kier alpha value is -1.76. The molecule has 0 bridgehead atoms. The van der Waals surface area contributed by atoms with Crippen molar-refractivity contribution in [2.24, 2.45) is 0 Å². The van der Waals surface area contributed by atoms with Crippen molar-refractivity contribution in [3.63, 3.8) is 0 Å². The quantitative estimate of drug-likeness (QED) is 0.880. The highest BCUT2D eigenvalue weighted by Gasteiger charge is 2.17. The van der Waals surface area contributed by atoms with Gasteiger partial charge in [-0.05, 0) is 25.0 Å². The van der Waals surface area contributed by atoms with Crippen LogP contribution < -0.4 is 5.32 Å². The van der Waals surface area contributed by atoms with E-state index in [1.807, 2.05) is 18.2 Å². The molecule has 122 valence electrons. The Morgan fingerprint density at radius 1 is 1.30 bits per heavy atom. The first-order chi connectivity index (χ1) is 11.2. The number of hydrogen-bond donors (Lipinski definition) is 2. The van der Waals surface area contributed by atoms with Gasteiger partial charge >= 0.3 is 0 Å². The van der Waals surface area contributed by atoms with Crippen LogP contribution >= 0.6 is 11.3 Å². The van der Waals surface area contributed by atoms with Crippen molar-refractivity contribution in [1.29, 1.82) is 0 Å². The third kappa shape index (κ3) is 4.60. The lowest BCUT2D eigenvalue weighted by Crippen LogP contribution is -2.35. The van der Waals surface area contributed by atoms with Gasteiger partial charge in [-0.25, -0.2) is 4.98 Å². The molecule has 2 heterocycles. The van der Waals surface area contributed by atoms with E-state index in [0.717, 1.165) is 43.2 Å². The van der Waals surface area contributed by atoms with Gasteiger partial charge in [0.15, 0.2) is 0 Å². The first-order valence-corrected chi connectivity index (χ1v) is 8.75. The first-order valence-electron chi connectivity index (χ1n) is 7.87. The normalized spacial score (nSPS) is 16.4.